The van der Waals surface area contributed by atoms with Crippen molar-refractivity contribution in [2.45, 2.75) is 33.5 Å². The normalized spacial score (nSPS) is 10.7. The number of rotatable bonds is 6. The van der Waals surface area contributed by atoms with E-state index in [9.17, 15) is 0 Å². The second-order valence-corrected chi connectivity index (χ2v) is 6.80. The Kier molecular flexibility index (Phi) is 5.90. The largest absolute Gasteiger partial charge is 0.358 e. The molecule has 0 saturated carbocycles. The van der Waals surface area contributed by atoms with Gasteiger partial charge in [0, 0.05) is 36.1 Å². The zero-order valence-electron chi connectivity index (χ0n) is 14.7. The van der Waals surface area contributed by atoms with Gasteiger partial charge in [-0.15, -0.1) is 0 Å². The van der Waals surface area contributed by atoms with E-state index in [0.717, 1.165) is 34.1 Å². The molecule has 0 aliphatic rings. The van der Waals surface area contributed by atoms with E-state index < -0.39 is 0 Å². The van der Waals surface area contributed by atoms with E-state index >= 15 is 0 Å². The molecular formula is C18H21ClN6S. The summed E-state index contributed by atoms with van der Waals surface area (Å²) in [6, 6.07) is 7.74. The minimum atomic E-state index is 0.552. The number of anilines is 1. The first kappa shape index (κ1) is 18.4. The van der Waals surface area contributed by atoms with Gasteiger partial charge >= 0.3 is 0 Å². The molecule has 0 fully saturated rings. The molecule has 0 atom stereocenters. The SMILES string of the molecule is CCn1cc(CNC(=S)Nc2cnn(Cc3cccc(Cl)c3)c2)c(C)n1. The Bertz CT molecular complexity index is 901. The van der Waals surface area contributed by atoms with Gasteiger partial charge in [0.25, 0.3) is 0 Å². The fourth-order valence-electron chi connectivity index (χ4n) is 2.58. The first-order chi connectivity index (χ1) is 12.5. The first-order valence-corrected chi connectivity index (χ1v) is 9.17. The van der Waals surface area contributed by atoms with Crippen LogP contribution in [0, 0.1) is 6.92 Å². The molecular weight excluding hydrogens is 368 g/mol. The van der Waals surface area contributed by atoms with Crippen LogP contribution < -0.4 is 10.6 Å². The average molecular weight is 389 g/mol. The number of aryl methyl sites for hydroxylation is 2. The zero-order valence-corrected chi connectivity index (χ0v) is 16.3. The molecule has 3 aromatic rings. The number of aromatic nitrogens is 4. The zero-order chi connectivity index (χ0) is 18.5. The number of benzene rings is 1. The van der Waals surface area contributed by atoms with Gasteiger partial charge in [0.15, 0.2) is 5.11 Å². The van der Waals surface area contributed by atoms with Gasteiger partial charge in [-0.1, -0.05) is 23.7 Å². The lowest BCUT2D eigenvalue weighted by atomic mass is 10.2. The number of halogens is 1. The van der Waals surface area contributed by atoms with Crippen LogP contribution in [-0.4, -0.2) is 24.7 Å². The highest BCUT2D eigenvalue weighted by atomic mass is 35.5. The highest BCUT2D eigenvalue weighted by Gasteiger charge is 2.06. The maximum atomic E-state index is 6.02. The standard InChI is InChI=1S/C18H21ClN6S/c1-3-24-11-15(13(2)23-24)8-20-18(26)22-17-9-21-25(12-17)10-14-5-4-6-16(19)7-14/h4-7,9,11-12H,3,8,10H2,1-2H3,(H2,20,22,26). The number of nitrogens with zero attached hydrogens (tertiary/aromatic N) is 4. The molecule has 1 aromatic carbocycles. The third kappa shape index (κ3) is 4.83. The highest BCUT2D eigenvalue weighted by Crippen LogP contribution is 2.13. The van der Waals surface area contributed by atoms with Gasteiger partial charge < -0.3 is 10.6 Å². The fourth-order valence-corrected chi connectivity index (χ4v) is 2.99. The van der Waals surface area contributed by atoms with Gasteiger partial charge in [0.2, 0.25) is 0 Å². The van der Waals surface area contributed by atoms with Crippen molar-refractivity contribution >= 4 is 34.6 Å². The highest BCUT2D eigenvalue weighted by molar-refractivity contribution is 7.80. The Morgan fingerprint density at radius 2 is 2.12 bits per heavy atom. The predicted octanol–water partition coefficient (Wildman–Crippen LogP) is 3.60. The van der Waals surface area contributed by atoms with Crippen LogP contribution in [0.5, 0.6) is 0 Å². The Morgan fingerprint density at radius 1 is 1.27 bits per heavy atom. The minimum absolute atomic E-state index is 0.552. The number of thiocarbonyl (C=S) groups is 1. The Balaban J connectivity index is 1.53. The van der Waals surface area contributed by atoms with Crippen LogP contribution >= 0.6 is 23.8 Å². The number of hydrogen-bond acceptors (Lipinski definition) is 3. The van der Waals surface area contributed by atoms with Crippen molar-refractivity contribution < 1.29 is 0 Å². The quantitative estimate of drug-likeness (QED) is 0.632. The number of hydrogen-bond donors (Lipinski definition) is 2. The Morgan fingerprint density at radius 3 is 2.85 bits per heavy atom. The second kappa shape index (κ2) is 8.33. The predicted molar refractivity (Wildman–Crippen MR) is 108 cm³/mol. The lowest BCUT2D eigenvalue weighted by Gasteiger charge is -2.08. The van der Waals surface area contributed by atoms with Crippen molar-refractivity contribution in [3.05, 3.63) is 64.7 Å². The monoisotopic (exact) mass is 388 g/mol. The Hall–Kier alpha value is -2.38. The molecule has 0 unspecified atom stereocenters. The summed E-state index contributed by atoms with van der Waals surface area (Å²) in [7, 11) is 0. The maximum absolute atomic E-state index is 6.02. The summed E-state index contributed by atoms with van der Waals surface area (Å²) < 4.78 is 3.76. The third-order valence-corrected chi connectivity index (χ3v) is 4.42. The maximum Gasteiger partial charge on any atom is 0.171 e. The van der Waals surface area contributed by atoms with E-state index in [1.54, 1.807) is 6.20 Å². The van der Waals surface area contributed by atoms with Gasteiger partial charge in [-0.05, 0) is 43.8 Å². The molecule has 0 saturated heterocycles. The summed E-state index contributed by atoms with van der Waals surface area (Å²) >= 11 is 11.4. The van der Waals surface area contributed by atoms with E-state index in [1.165, 1.54) is 0 Å². The van der Waals surface area contributed by atoms with Crippen LogP contribution in [0.3, 0.4) is 0 Å². The molecule has 3 rings (SSSR count). The molecule has 0 aliphatic heterocycles. The summed E-state index contributed by atoms with van der Waals surface area (Å²) in [5, 5.41) is 16.4. The molecule has 0 aliphatic carbocycles. The van der Waals surface area contributed by atoms with Crippen LogP contribution in [0.15, 0.2) is 42.9 Å². The van der Waals surface area contributed by atoms with E-state index in [4.69, 9.17) is 23.8 Å². The molecule has 8 heteroatoms. The molecule has 6 nitrogen and oxygen atoms in total. The molecule has 26 heavy (non-hydrogen) atoms. The molecule has 2 N–H and O–H groups in total. The summed E-state index contributed by atoms with van der Waals surface area (Å²) in [6.07, 6.45) is 5.70. The van der Waals surface area contributed by atoms with Crippen LogP contribution in [0.25, 0.3) is 0 Å². The summed E-state index contributed by atoms with van der Waals surface area (Å²) in [6.45, 7) is 6.21. The van der Waals surface area contributed by atoms with E-state index in [1.807, 2.05) is 52.9 Å². The molecule has 0 bridgehead atoms. The first-order valence-electron chi connectivity index (χ1n) is 8.38. The molecule has 0 spiro atoms. The van der Waals surface area contributed by atoms with Crippen LogP contribution in [-0.2, 0) is 19.6 Å². The molecule has 136 valence electrons. The number of nitrogens with one attached hydrogen (secondary N) is 2. The van der Waals surface area contributed by atoms with Crippen molar-refractivity contribution in [3.63, 3.8) is 0 Å². The average Bonchev–Trinajstić information content (AvgIpc) is 3.19. The topological polar surface area (TPSA) is 59.7 Å². The third-order valence-electron chi connectivity index (χ3n) is 3.94. The van der Waals surface area contributed by atoms with E-state index in [-0.39, 0.29) is 0 Å². The van der Waals surface area contributed by atoms with Gasteiger partial charge in [0.05, 0.1) is 24.1 Å². The molecule has 0 radical (unpaired) electrons. The van der Waals surface area contributed by atoms with Crippen molar-refractivity contribution in [2.24, 2.45) is 0 Å². The van der Waals surface area contributed by atoms with Gasteiger partial charge in [-0.25, -0.2) is 0 Å². The van der Waals surface area contributed by atoms with Crippen molar-refractivity contribution in [3.8, 4) is 0 Å². The van der Waals surface area contributed by atoms with Crippen LogP contribution in [0.1, 0.15) is 23.7 Å². The lowest BCUT2D eigenvalue weighted by Crippen LogP contribution is -2.27. The minimum Gasteiger partial charge on any atom is -0.358 e. The Labute approximate surface area is 163 Å². The molecule has 0 amide bonds. The van der Waals surface area contributed by atoms with Crippen molar-refractivity contribution in [1.82, 2.24) is 24.9 Å². The van der Waals surface area contributed by atoms with Crippen LogP contribution in [0.2, 0.25) is 5.02 Å². The van der Waals surface area contributed by atoms with E-state index in [2.05, 4.69) is 27.8 Å². The summed E-state index contributed by atoms with van der Waals surface area (Å²) in [5.74, 6) is 0. The second-order valence-electron chi connectivity index (χ2n) is 5.96. The smallest absolute Gasteiger partial charge is 0.171 e. The van der Waals surface area contributed by atoms with Gasteiger partial charge in [-0.3, -0.25) is 9.36 Å². The summed E-state index contributed by atoms with van der Waals surface area (Å²) in [5.41, 5.74) is 4.07. The molecule has 2 aromatic heterocycles. The summed E-state index contributed by atoms with van der Waals surface area (Å²) in [4.78, 5) is 0. The van der Waals surface area contributed by atoms with E-state index in [0.29, 0.717) is 18.2 Å². The van der Waals surface area contributed by atoms with Gasteiger partial charge in [0.1, 0.15) is 0 Å². The van der Waals surface area contributed by atoms with Crippen molar-refractivity contribution in [2.75, 3.05) is 5.32 Å². The molecule has 2 heterocycles. The lowest BCUT2D eigenvalue weighted by molar-refractivity contribution is 0.653. The fraction of sp³-hybridized carbons (Fsp3) is 0.278. The van der Waals surface area contributed by atoms with Crippen LogP contribution in [0.4, 0.5) is 5.69 Å². The van der Waals surface area contributed by atoms with Crippen molar-refractivity contribution in [1.29, 1.82) is 0 Å². The van der Waals surface area contributed by atoms with Gasteiger partial charge in [-0.2, -0.15) is 10.2 Å².